The quantitative estimate of drug-likeness (QED) is 0.666. The Morgan fingerprint density at radius 3 is 2.52 bits per heavy atom. The molecule has 1 N–H and O–H groups in total. The lowest BCUT2D eigenvalue weighted by atomic mass is 9.95. The van der Waals surface area contributed by atoms with Crippen LogP contribution in [-0.4, -0.2) is 30.6 Å². The first kappa shape index (κ1) is 18.7. The van der Waals surface area contributed by atoms with E-state index in [4.69, 9.17) is 9.47 Å². The summed E-state index contributed by atoms with van der Waals surface area (Å²) in [6.07, 6.45) is 2.89. The van der Waals surface area contributed by atoms with Gasteiger partial charge in [-0.3, -0.25) is 4.79 Å². The molecule has 1 aromatic heterocycles. The highest BCUT2D eigenvalue weighted by molar-refractivity contribution is 5.96. The molecule has 1 aromatic rings. The van der Waals surface area contributed by atoms with E-state index in [0.29, 0.717) is 23.9 Å². The van der Waals surface area contributed by atoms with Crippen LogP contribution in [0, 0.1) is 12.3 Å². The number of aryl methyl sites for hydroxylation is 1. The minimum Gasteiger partial charge on any atom is -0.481 e. The lowest BCUT2D eigenvalue weighted by Crippen LogP contribution is -2.28. The Morgan fingerprint density at radius 2 is 2.00 bits per heavy atom. The van der Waals surface area contributed by atoms with Crippen molar-refractivity contribution in [1.82, 2.24) is 4.98 Å². The standard InChI is InChI=1S/C17H24N2O4/c1-7-23-14(20)9-8-12-11(2)10-13(22-6)18-15(12)19-16(21)17(3,4)5/h8-10H,7H2,1-6H3,(H,18,19,21)/b9-8+. The van der Waals surface area contributed by atoms with E-state index in [9.17, 15) is 9.59 Å². The molecule has 0 saturated carbocycles. The third-order valence-corrected chi connectivity index (χ3v) is 3.04. The Labute approximate surface area is 136 Å². The normalized spacial score (nSPS) is 11.4. The first-order chi connectivity index (χ1) is 10.7. The Hall–Kier alpha value is -2.37. The topological polar surface area (TPSA) is 77.5 Å². The van der Waals surface area contributed by atoms with Gasteiger partial charge in [0.2, 0.25) is 11.8 Å². The van der Waals surface area contributed by atoms with Crippen LogP contribution in [0.2, 0.25) is 0 Å². The number of anilines is 1. The molecule has 6 nitrogen and oxygen atoms in total. The van der Waals surface area contributed by atoms with E-state index in [1.807, 2.05) is 27.7 Å². The molecule has 23 heavy (non-hydrogen) atoms. The lowest BCUT2D eigenvalue weighted by molar-refractivity contribution is -0.137. The highest BCUT2D eigenvalue weighted by atomic mass is 16.5. The molecule has 0 bridgehead atoms. The van der Waals surface area contributed by atoms with Crippen LogP contribution in [-0.2, 0) is 14.3 Å². The van der Waals surface area contributed by atoms with Gasteiger partial charge in [0.15, 0.2) is 0 Å². The van der Waals surface area contributed by atoms with Gasteiger partial charge in [0.1, 0.15) is 5.82 Å². The summed E-state index contributed by atoms with van der Waals surface area (Å²) in [4.78, 5) is 28.0. The van der Waals surface area contributed by atoms with Crippen molar-refractivity contribution in [2.45, 2.75) is 34.6 Å². The molecule has 126 valence electrons. The van der Waals surface area contributed by atoms with Gasteiger partial charge in [-0.15, -0.1) is 0 Å². The van der Waals surface area contributed by atoms with Crippen molar-refractivity contribution in [3.8, 4) is 5.88 Å². The zero-order valence-corrected chi connectivity index (χ0v) is 14.5. The molecule has 6 heteroatoms. The second kappa shape index (κ2) is 7.76. The van der Waals surface area contributed by atoms with Crippen LogP contribution in [0.4, 0.5) is 5.82 Å². The molecular weight excluding hydrogens is 296 g/mol. The van der Waals surface area contributed by atoms with E-state index in [1.165, 1.54) is 13.2 Å². The molecule has 0 aliphatic heterocycles. The highest BCUT2D eigenvalue weighted by Gasteiger charge is 2.23. The third kappa shape index (κ3) is 5.39. The first-order valence-electron chi connectivity index (χ1n) is 7.41. The summed E-state index contributed by atoms with van der Waals surface area (Å²) in [7, 11) is 1.51. The minimum atomic E-state index is -0.569. The summed E-state index contributed by atoms with van der Waals surface area (Å²) in [5.74, 6) is 0.113. The number of carbonyl (C=O) groups excluding carboxylic acids is 2. The highest BCUT2D eigenvalue weighted by Crippen LogP contribution is 2.26. The molecule has 0 aliphatic rings. The molecular formula is C17H24N2O4. The molecule has 0 unspecified atom stereocenters. The van der Waals surface area contributed by atoms with Crippen LogP contribution in [0.1, 0.15) is 38.8 Å². The number of methoxy groups -OCH3 is 1. The van der Waals surface area contributed by atoms with Gasteiger partial charge in [-0.05, 0) is 25.5 Å². The SMILES string of the molecule is CCOC(=O)/C=C/c1c(C)cc(OC)nc1NC(=O)C(C)(C)C. The fourth-order valence-electron chi connectivity index (χ4n) is 1.70. The maximum atomic E-state index is 12.2. The minimum absolute atomic E-state index is 0.177. The molecule has 0 fully saturated rings. The molecule has 0 aromatic carbocycles. The van der Waals surface area contributed by atoms with Crippen LogP contribution >= 0.6 is 0 Å². The van der Waals surface area contributed by atoms with Gasteiger partial charge in [0.25, 0.3) is 0 Å². The number of hydrogen-bond acceptors (Lipinski definition) is 5. The van der Waals surface area contributed by atoms with Gasteiger partial charge in [-0.25, -0.2) is 4.79 Å². The summed E-state index contributed by atoms with van der Waals surface area (Å²) in [6.45, 7) is 9.32. The van der Waals surface area contributed by atoms with E-state index >= 15 is 0 Å². The average molecular weight is 320 g/mol. The number of aromatic nitrogens is 1. The maximum Gasteiger partial charge on any atom is 0.330 e. The molecule has 0 radical (unpaired) electrons. The Bertz CT molecular complexity index is 616. The van der Waals surface area contributed by atoms with Gasteiger partial charge in [-0.1, -0.05) is 20.8 Å². The first-order valence-corrected chi connectivity index (χ1v) is 7.41. The van der Waals surface area contributed by atoms with Gasteiger partial charge < -0.3 is 14.8 Å². The smallest absolute Gasteiger partial charge is 0.330 e. The second-order valence-electron chi connectivity index (χ2n) is 6.03. The van der Waals surface area contributed by atoms with Gasteiger partial charge in [-0.2, -0.15) is 4.98 Å². The van der Waals surface area contributed by atoms with E-state index in [1.54, 1.807) is 19.1 Å². The van der Waals surface area contributed by atoms with Crippen molar-refractivity contribution in [3.63, 3.8) is 0 Å². The number of amides is 1. The molecule has 0 atom stereocenters. The third-order valence-electron chi connectivity index (χ3n) is 3.04. The number of hydrogen-bond donors (Lipinski definition) is 1. The van der Waals surface area contributed by atoms with E-state index < -0.39 is 11.4 Å². The van der Waals surface area contributed by atoms with Crippen LogP contribution in [0.15, 0.2) is 12.1 Å². The zero-order valence-electron chi connectivity index (χ0n) is 14.5. The summed E-state index contributed by atoms with van der Waals surface area (Å²) in [5.41, 5.74) is 0.888. The number of carbonyl (C=O) groups is 2. The Balaban J connectivity index is 3.22. The van der Waals surface area contributed by atoms with E-state index in [-0.39, 0.29) is 5.91 Å². The number of nitrogens with zero attached hydrogens (tertiary/aromatic N) is 1. The number of nitrogens with one attached hydrogen (secondary N) is 1. The van der Waals surface area contributed by atoms with Crippen molar-refractivity contribution in [3.05, 3.63) is 23.3 Å². The van der Waals surface area contributed by atoms with E-state index in [0.717, 1.165) is 5.56 Å². The number of esters is 1. The summed E-state index contributed by atoms with van der Waals surface area (Å²) in [5, 5.41) is 2.79. The van der Waals surface area contributed by atoms with Crippen molar-refractivity contribution >= 4 is 23.8 Å². The van der Waals surface area contributed by atoms with Crippen molar-refractivity contribution in [2.24, 2.45) is 5.41 Å². The molecule has 0 spiro atoms. The molecule has 1 amide bonds. The van der Waals surface area contributed by atoms with Gasteiger partial charge >= 0.3 is 5.97 Å². The Morgan fingerprint density at radius 1 is 1.35 bits per heavy atom. The largest absolute Gasteiger partial charge is 0.481 e. The number of pyridine rings is 1. The number of ether oxygens (including phenoxy) is 2. The predicted molar refractivity (Wildman–Crippen MR) is 89.3 cm³/mol. The monoisotopic (exact) mass is 320 g/mol. The molecule has 0 aliphatic carbocycles. The molecule has 0 saturated heterocycles. The number of rotatable bonds is 5. The van der Waals surface area contributed by atoms with Crippen LogP contribution in [0.5, 0.6) is 5.88 Å². The van der Waals surface area contributed by atoms with E-state index in [2.05, 4.69) is 10.3 Å². The molecule has 1 heterocycles. The maximum absolute atomic E-state index is 12.2. The molecule has 1 rings (SSSR count). The Kier molecular flexibility index (Phi) is 6.30. The summed E-state index contributed by atoms with van der Waals surface area (Å²) >= 11 is 0. The predicted octanol–water partition coefficient (Wildman–Crippen LogP) is 2.96. The second-order valence-corrected chi connectivity index (χ2v) is 6.03. The van der Waals surface area contributed by atoms with Gasteiger partial charge in [0.05, 0.1) is 13.7 Å². The average Bonchev–Trinajstić information content (AvgIpc) is 2.45. The fourth-order valence-corrected chi connectivity index (χ4v) is 1.70. The van der Waals surface area contributed by atoms with Crippen LogP contribution < -0.4 is 10.1 Å². The lowest BCUT2D eigenvalue weighted by Gasteiger charge is -2.19. The summed E-state index contributed by atoms with van der Waals surface area (Å²) < 4.78 is 10.0. The zero-order chi connectivity index (χ0) is 17.6. The van der Waals surface area contributed by atoms with Crippen molar-refractivity contribution in [1.29, 1.82) is 0 Å². The van der Waals surface area contributed by atoms with Crippen LogP contribution in [0.25, 0.3) is 6.08 Å². The van der Waals surface area contributed by atoms with Crippen molar-refractivity contribution < 1.29 is 19.1 Å². The fraction of sp³-hybridized carbons (Fsp3) is 0.471. The van der Waals surface area contributed by atoms with Crippen LogP contribution in [0.3, 0.4) is 0 Å². The van der Waals surface area contributed by atoms with Crippen molar-refractivity contribution in [2.75, 3.05) is 19.0 Å². The van der Waals surface area contributed by atoms with Gasteiger partial charge in [0, 0.05) is 23.1 Å². The summed E-state index contributed by atoms with van der Waals surface area (Å²) in [6, 6.07) is 1.73.